The van der Waals surface area contributed by atoms with Crippen molar-refractivity contribution < 1.29 is 10.2 Å². The van der Waals surface area contributed by atoms with Gasteiger partial charge in [0.25, 0.3) is 0 Å². The first-order chi connectivity index (χ1) is 13.1. The van der Waals surface area contributed by atoms with Gasteiger partial charge in [-0.1, -0.05) is 65.3 Å². The van der Waals surface area contributed by atoms with Crippen LogP contribution >= 0.6 is 35.0 Å². The average Bonchev–Trinajstić information content (AvgIpc) is 2.67. The number of nitrogens with one attached hydrogen (secondary N) is 1. The van der Waals surface area contributed by atoms with Crippen LogP contribution in [-0.4, -0.2) is 16.8 Å². The molecule has 140 valence electrons. The summed E-state index contributed by atoms with van der Waals surface area (Å²) in [7, 11) is 0. The highest BCUT2D eigenvalue weighted by Gasteiger charge is 2.10. The number of anilines is 1. The fraction of sp³-hybridized carbons (Fsp3) is 0.143. The van der Waals surface area contributed by atoms with E-state index in [1.165, 1.54) is 0 Å². The number of aliphatic hydroxyl groups is 1. The van der Waals surface area contributed by atoms with Crippen LogP contribution in [0.3, 0.4) is 0 Å². The first-order valence-electron chi connectivity index (χ1n) is 8.45. The lowest BCUT2D eigenvalue weighted by molar-refractivity contribution is 0.297. The van der Waals surface area contributed by atoms with Crippen LogP contribution in [-0.2, 0) is 13.0 Å². The third kappa shape index (κ3) is 5.11. The lowest BCUT2D eigenvalue weighted by Gasteiger charge is -2.14. The Kier molecular flexibility index (Phi) is 6.91. The molecule has 3 aromatic rings. The summed E-state index contributed by atoms with van der Waals surface area (Å²) in [6, 6.07) is 19.4. The molecule has 0 aliphatic carbocycles. The molecule has 3 rings (SSSR count). The van der Waals surface area contributed by atoms with Gasteiger partial charge >= 0.3 is 0 Å². The molecule has 0 aliphatic heterocycles. The molecule has 0 heterocycles. The second-order valence-corrected chi connectivity index (χ2v) is 7.83. The molecule has 0 unspecified atom stereocenters. The van der Waals surface area contributed by atoms with Crippen LogP contribution in [0.2, 0.25) is 10.0 Å². The molecule has 0 atom stereocenters. The molecule has 0 bridgehead atoms. The van der Waals surface area contributed by atoms with Gasteiger partial charge in [0.15, 0.2) is 0 Å². The fourth-order valence-electron chi connectivity index (χ4n) is 2.66. The van der Waals surface area contributed by atoms with Crippen LogP contribution in [0.15, 0.2) is 70.5 Å². The van der Waals surface area contributed by atoms with Crippen LogP contribution in [0.4, 0.5) is 5.69 Å². The molecule has 0 saturated carbocycles. The molecule has 0 aliphatic rings. The molecule has 3 aromatic carbocycles. The highest BCUT2D eigenvalue weighted by molar-refractivity contribution is 7.99. The first-order valence-corrected chi connectivity index (χ1v) is 10.0. The summed E-state index contributed by atoms with van der Waals surface area (Å²) in [5, 5.41) is 23.5. The maximum absolute atomic E-state index is 9.99. The molecule has 0 spiro atoms. The zero-order chi connectivity index (χ0) is 19.2. The molecule has 0 fully saturated rings. The van der Waals surface area contributed by atoms with Crippen molar-refractivity contribution in [3.05, 3.63) is 81.8 Å². The predicted molar refractivity (Wildman–Crippen MR) is 113 cm³/mol. The van der Waals surface area contributed by atoms with Crippen LogP contribution in [0.25, 0.3) is 0 Å². The van der Waals surface area contributed by atoms with Gasteiger partial charge < -0.3 is 15.5 Å². The number of benzene rings is 3. The summed E-state index contributed by atoms with van der Waals surface area (Å²) in [6.07, 6.45) is 0.347. The first kappa shape index (κ1) is 19.9. The Labute approximate surface area is 173 Å². The minimum absolute atomic E-state index is 0.0194. The van der Waals surface area contributed by atoms with Gasteiger partial charge in [-0.25, -0.2) is 0 Å². The smallest absolute Gasteiger partial charge is 0.137 e. The fourth-order valence-corrected chi connectivity index (χ4v) is 4.12. The molecule has 6 heteroatoms. The van der Waals surface area contributed by atoms with Gasteiger partial charge in [-0.15, -0.1) is 0 Å². The molecule has 0 aromatic heterocycles. The summed E-state index contributed by atoms with van der Waals surface area (Å²) in [4.78, 5) is 2.11. The third-order valence-electron chi connectivity index (χ3n) is 4.04. The van der Waals surface area contributed by atoms with E-state index >= 15 is 0 Å². The minimum Gasteiger partial charge on any atom is -0.506 e. The van der Waals surface area contributed by atoms with E-state index in [1.807, 2.05) is 36.4 Å². The topological polar surface area (TPSA) is 52.5 Å². The van der Waals surface area contributed by atoms with Crippen molar-refractivity contribution in [2.75, 3.05) is 11.9 Å². The average molecular weight is 420 g/mol. The van der Waals surface area contributed by atoms with Crippen molar-refractivity contribution in [1.82, 2.24) is 0 Å². The molecular formula is C21H19Cl2NO2S. The number of hydrogen-bond acceptors (Lipinski definition) is 4. The number of halogens is 2. The van der Waals surface area contributed by atoms with Crippen LogP contribution in [0.5, 0.6) is 5.75 Å². The van der Waals surface area contributed by atoms with E-state index in [0.717, 1.165) is 26.1 Å². The Hall–Kier alpha value is -1.85. The van der Waals surface area contributed by atoms with Gasteiger partial charge in [0.1, 0.15) is 5.75 Å². The summed E-state index contributed by atoms with van der Waals surface area (Å²) in [5.74, 6) is 0.0194. The van der Waals surface area contributed by atoms with E-state index in [4.69, 9.17) is 28.3 Å². The Morgan fingerprint density at radius 1 is 0.852 bits per heavy atom. The third-order valence-corrected chi connectivity index (χ3v) is 5.96. The van der Waals surface area contributed by atoms with Crippen molar-refractivity contribution in [1.29, 1.82) is 0 Å². The number of rotatable bonds is 7. The van der Waals surface area contributed by atoms with Gasteiger partial charge in [-0.2, -0.15) is 0 Å². The van der Waals surface area contributed by atoms with E-state index in [0.29, 0.717) is 18.5 Å². The van der Waals surface area contributed by atoms with E-state index in [-0.39, 0.29) is 17.4 Å². The summed E-state index contributed by atoms with van der Waals surface area (Å²) < 4.78 is 0. The summed E-state index contributed by atoms with van der Waals surface area (Å²) in [5.41, 5.74) is 2.53. The molecule has 0 amide bonds. The molecule has 0 radical (unpaired) electrons. The number of aromatic hydroxyl groups is 1. The number of aliphatic hydroxyl groups excluding tert-OH is 1. The molecule has 3 nitrogen and oxygen atoms in total. The van der Waals surface area contributed by atoms with Gasteiger partial charge in [0.05, 0.1) is 10.0 Å². The summed E-state index contributed by atoms with van der Waals surface area (Å²) in [6.45, 7) is 0.540. The highest BCUT2D eigenvalue weighted by atomic mass is 35.5. The Morgan fingerprint density at radius 3 is 2.30 bits per heavy atom. The normalized spacial score (nSPS) is 10.8. The van der Waals surface area contributed by atoms with Crippen LogP contribution in [0, 0.1) is 0 Å². The molecule has 3 N–H and O–H groups in total. The Balaban J connectivity index is 1.78. The van der Waals surface area contributed by atoms with Crippen molar-refractivity contribution in [3.8, 4) is 5.75 Å². The molecule has 0 saturated heterocycles. The maximum atomic E-state index is 9.99. The summed E-state index contributed by atoms with van der Waals surface area (Å²) >= 11 is 14.0. The Bertz CT molecular complexity index is 934. The van der Waals surface area contributed by atoms with Crippen molar-refractivity contribution in [3.63, 3.8) is 0 Å². The highest BCUT2D eigenvalue weighted by Crippen LogP contribution is 2.36. The standard InChI is InChI=1S/C21H19Cl2NO2S/c22-17-6-2-4-8-20(17)27-19-7-3-1-5-15(19)13-24-16-11-14(9-10-25)21(26)18(23)12-16/h1-8,11-12,24-26H,9-10,13H2. The van der Waals surface area contributed by atoms with E-state index in [1.54, 1.807) is 23.9 Å². The van der Waals surface area contributed by atoms with Crippen LogP contribution in [0.1, 0.15) is 11.1 Å². The van der Waals surface area contributed by atoms with Gasteiger partial charge in [0, 0.05) is 28.6 Å². The lowest BCUT2D eigenvalue weighted by atomic mass is 10.1. The second kappa shape index (κ2) is 9.38. The number of hydrogen-bond donors (Lipinski definition) is 3. The minimum atomic E-state index is -0.0509. The Morgan fingerprint density at radius 2 is 1.56 bits per heavy atom. The maximum Gasteiger partial charge on any atom is 0.137 e. The number of phenolic OH excluding ortho intramolecular Hbond substituents is 1. The quantitative estimate of drug-likeness (QED) is 0.411. The van der Waals surface area contributed by atoms with Crippen molar-refractivity contribution in [2.24, 2.45) is 0 Å². The van der Waals surface area contributed by atoms with Crippen LogP contribution < -0.4 is 5.32 Å². The van der Waals surface area contributed by atoms with Crippen molar-refractivity contribution in [2.45, 2.75) is 22.8 Å². The zero-order valence-electron chi connectivity index (χ0n) is 14.5. The molecular weight excluding hydrogens is 401 g/mol. The van der Waals surface area contributed by atoms with E-state index in [9.17, 15) is 5.11 Å². The monoisotopic (exact) mass is 419 g/mol. The number of phenols is 1. The SMILES string of the molecule is OCCc1cc(NCc2ccccc2Sc2ccccc2Cl)cc(Cl)c1O. The van der Waals surface area contributed by atoms with E-state index < -0.39 is 0 Å². The second-order valence-electron chi connectivity index (χ2n) is 5.93. The molecule has 27 heavy (non-hydrogen) atoms. The largest absolute Gasteiger partial charge is 0.506 e. The van der Waals surface area contributed by atoms with Gasteiger partial charge in [0.2, 0.25) is 0 Å². The van der Waals surface area contributed by atoms with Crippen molar-refractivity contribution >= 4 is 40.7 Å². The predicted octanol–water partition coefficient (Wildman–Crippen LogP) is 6.00. The lowest BCUT2D eigenvalue weighted by Crippen LogP contribution is -2.02. The van der Waals surface area contributed by atoms with Gasteiger partial charge in [-0.05, 0) is 47.9 Å². The van der Waals surface area contributed by atoms with E-state index in [2.05, 4.69) is 17.4 Å². The zero-order valence-corrected chi connectivity index (χ0v) is 16.8. The van der Waals surface area contributed by atoms with Gasteiger partial charge in [-0.3, -0.25) is 0 Å².